The molecule has 0 saturated heterocycles. The molecule has 0 aliphatic heterocycles. The number of amides is 1. The van der Waals surface area contributed by atoms with Gasteiger partial charge in [0.1, 0.15) is 11.3 Å². The Labute approximate surface area is 160 Å². The minimum atomic E-state index is -0.910. The number of para-hydroxylation sites is 1. The van der Waals surface area contributed by atoms with Crippen molar-refractivity contribution in [1.29, 1.82) is 0 Å². The Morgan fingerprint density at radius 3 is 2.15 bits per heavy atom. The Balaban J connectivity index is 2.15. The summed E-state index contributed by atoms with van der Waals surface area (Å²) >= 11 is 0. The SMILES string of the molecule is CC(OC(=O)c1cccnc1Oc1ccccc1)C(=O)N(C(C)C)C(C)C. The summed E-state index contributed by atoms with van der Waals surface area (Å²) in [4.78, 5) is 31.1. The first-order chi connectivity index (χ1) is 12.8. The molecule has 0 spiro atoms. The minimum Gasteiger partial charge on any atom is -0.449 e. The van der Waals surface area contributed by atoms with Crippen molar-refractivity contribution in [2.75, 3.05) is 0 Å². The van der Waals surface area contributed by atoms with Crippen LogP contribution >= 0.6 is 0 Å². The van der Waals surface area contributed by atoms with Crippen molar-refractivity contribution >= 4 is 11.9 Å². The third-order valence-electron chi connectivity index (χ3n) is 3.95. The lowest BCUT2D eigenvalue weighted by Gasteiger charge is -2.32. The number of hydrogen-bond donors (Lipinski definition) is 0. The number of hydrogen-bond acceptors (Lipinski definition) is 5. The zero-order chi connectivity index (χ0) is 20.0. The van der Waals surface area contributed by atoms with Gasteiger partial charge >= 0.3 is 5.97 Å². The number of ether oxygens (including phenoxy) is 2. The molecule has 6 heteroatoms. The molecule has 144 valence electrons. The Hall–Kier alpha value is -2.89. The van der Waals surface area contributed by atoms with Crippen LogP contribution in [0.1, 0.15) is 45.0 Å². The molecule has 0 bridgehead atoms. The van der Waals surface area contributed by atoms with Gasteiger partial charge in [0.2, 0.25) is 5.88 Å². The van der Waals surface area contributed by atoms with E-state index in [9.17, 15) is 9.59 Å². The highest BCUT2D eigenvalue weighted by Gasteiger charge is 2.29. The van der Waals surface area contributed by atoms with Crippen molar-refractivity contribution in [3.05, 3.63) is 54.2 Å². The number of carbonyl (C=O) groups excluding carboxylic acids is 2. The summed E-state index contributed by atoms with van der Waals surface area (Å²) in [6.07, 6.45) is 0.621. The third-order valence-corrected chi connectivity index (χ3v) is 3.95. The number of esters is 1. The van der Waals surface area contributed by atoms with Gasteiger partial charge in [0.25, 0.3) is 5.91 Å². The van der Waals surface area contributed by atoms with E-state index in [0.717, 1.165) is 0 Å². The van der Waals surface area contributed by atoms with Crippen LogP contribution in [0.5, 0.6) is 11.6 Å². The van der Waals surface area contributed by atoms with Gasteiger partial charge in [-0.25, -0.2) is 9.78 Å². The number of nitrogens with zero attached hydrogens (tertiary/aromatic N) is 2. The minimum absolute atomic E-state index is 0.00835. The van der Waals surface area contributed by atoms with Crippen molar-refractivity contribution in [3.63, 3.8) is 0 Å². The maximum atomic E-state index is 12.7. The standard InChI is InChI=1S/C21H26N2O4/c1-14(2)23(15(3)4)20(24)16(5)26-21(25)18-12-9-13-22-19(18)27-17-10-7-6-8-11-17/h6-16H,1-5H3. The Bertz CT molecular complexity index is 767. The lowest BCUT2D eigenvalue weighted by atomic mass is 10.2. The van der Waals surface area contributed by atoms with E-state index >= 15 is 0 Å². The van der Waals surface area contributed by atoms with Gasteiger partial charge in [-0.2, -0.15) is 0 Å². The summed E-state index contributed by atoms with van der Waals surface area (Å²) in [5.41, 5.74) is 0.168. The molecule has 0 radical (unpaired) electrons. The second-order valence-corrected chi connectivity index (χ2v) is 6.75. The number of aromatic nitrogens is 1. The first-order valence-electron chi connectivity index (χ1n) is 9.02. The van der Waals surface area contributed by atoms with Crippen LogP contribution in [0.4, 0.5) is 0 Å². The summed E-state index contributed by atoms with van der Waals surface area (Å²) in [6.45, 7) is 9.30. The summed E-state index contributed by atoms with van der Waals surface area (Å²) in [5.74, 6) is -0.191. The summed E-state index contributed by atoms with van der Waals surface area (Å²) < 4.78 is 11.1. The van der Waals surface area contributed by atoms with Crippen molar-refractivity contribution in [2.24, 2.45) is 0 Å². The molecular formula is C21H26N2O4. The topological polar surface area (TPSA) is 68.7 Å². The largest absolute Gasteiger partial charge is 0.449 e. The van der Waals surface area contributed by atoms with Crippen LogP contribution in [0, 0.1) is 0 Å². The van der Waals surface area contributed by atoms with Gasteiger partial charge < -0.3 is 14.4 Å². The van der Waals surface area contributed by atoms with E-state index < -0.39 is 12.1 Å². The molecule has 1 aromatic carbocycles. The van der Waals surface area contributed by atoms with E-state index in [1.54, 1.807) is 36.1 Å². The predicted octanol–water partition coefficient (Wildman–Crippen LogP) is 4.06. The van der Waals surface area contributed by atoms with Gasteiger partial charge in [-0.3, -0.25) is 4.79 Å². The van der Waals surface area contributed by atoms with Crippen LogP contribution in [-0.2, 0) is 9.53 Å². The van der Waals surface area contributed by atoms with E-state index in [-0.39, 0.29) is 29.4 Å². The highest BCUT2D eigenvalue weighted by Crippen LogP contribution is 2.23. The van der Waals surface area contributed by atoms with Gasteiger partial charge in [-0.1, -0.05) is 18.2 Å². The fourth-order valence-corrected chi connectivity index (χ4v) is 2.82. The van der Waals surface area contributed by atoms with E-state index in [4.69, 9.17) is 9.47 Å². The molecule has 0 fully saturated rings. The summed E-state index contributed by atoms with van der Waals surface area (Å²) in [7, 11) is 0. The second kappa shape index (κ2) is 9.16. The van der Waals surface area contributed by atoms with Crippen LogP contribution in [0.2, 0.25) is 0 Å². The Morgan fingerprint density at radius 2 is 1.56 bits per heavy atom. The Morgan fingerprint density at radius 1 is 0.926 bits per heavy atom. The maximum absolute atomic E-state index is 12.7. The van der Waals surface area contributed by atoms with Crippen LogP contribution in [0.3, 0.4) is 0 Å². The monoisotopic (exact) mass is 370 g/mol. The van der Waals surface area contributed by atoms with Crippen molar-refractivity contribution in [1.82, 2.24) is 9.88 Å². The number of benzene rings is 1. The van der Waals surface area contributed by atoms with Gasteiger partial charge in [0.05, 0.1) is 0 Å². The molecule has 1 heterocycles. The molecule has 1 aromatic heterocycles. The van der Waals surface area contributed by atoms with Crippen LogP contribution in [-0.4, -0.2) is 39.9 Å². The smallest absolute Gasteiger partial charge is 0.344 e. The average Bonchev–Trinajstić information content (AvgIpc) is 2.62. The van der Waals surface area contributed by atoms with Crippen LogP contribution in [0.15, 0.2) is 48.7 Å². The zero-order valence-electron chi connectivity index (χ0n) is 16.4. The van der Waals surface area contributed by atoms with Crippen molar-refractivity contribution < 1.29 is 19.1 Å². The normalized spacial score (nSPS) is 12.0. The van der Waals surface area contributed by atoms with E-state index in [1.165, 1.54) is 6.20 Å². The fourth-order valence-electron chi connectivity index (χ4n) is 2.82. The molecule has 0 N–H and O–H groups in total. The van der Waals surface area contributed by atoms with Gasteiger partial charge in [0.15, 0.2) is 6.10 Å². The van der Waals surface area contributed by atoms with E-state index in [2.05, 4.69) is 4.98 Å². The number of carbonyl (C=O) groups is 2. The quantitative estimate of drug-likeness (QED) is 0.687. The lowest BCUT2D eigenvalue weighted by Crippen LogP contribution is -2.47. The fraction of sp³-hybridized carbons (Fsp3) is 0.381. The first kappa shape index (κ1) is 20.4. The highest BCUT2D eigenvalue weighted by molar-refractivity contribution is 5.94. The molecule has 1 atom stereocenters. The van der Waals surface area contributed by atoms with Crippen molar-refractivity contribution in [3.8, 4) is 11.6 Å². The van der Waals surface area contributed by atoms with E-state index in [1.807, 2.05) is 45.9 Å². The molecular weight excluding hydrogens is 344 g/mol. The molecule has 0 aliphatic rings. The highest BCUT2D eigenvalue weighted by atomic mass is 16.6. The third kappa shape index (κ3) is 5.29. The van der Waals surface area contributed by atoms with Crippen LogP contribution < -0.4 is 4.74 Å². The van der Waals surface area contributed by atoms with Crippen molar-refractivity contribution in [2.45, 2.75) is 52.8 Å². The van der Waals surface area contributed by atoms with Gasteiger partial charge in [0, 0.05) is 18.3 Å². The molecule has 2 rings (SSSR count). The number of pyridine rings is 1. The van der Waals surface area contributed by atoms with Gasteiger partial charge in [-0.05, 0) is 58.9 Å². The molecule has 1 unspecified atom stereocenters. The lowest BCUT2D eigenvalue weighted by molar-refractivity contribution is -0.143. The number of rotatable bonds is 7. The average molecular weight is 370 g/mol. The first-order valence-corrected chi connectivity index (χ1v) is 9.02. The van der Waals surface area contributed by atoms with E-state index in [0.29, 0.717) is 5.75 Å². The predicted molar refractivity (Wildman–Crippen MR) is 103 cm³/mol. The molecule has 0 saturated carbocycles. The van der Waals surface area contributed by atoms with Crippen LogP contribution in [0.25, 0.3) is 0 Å². The summed E-state index contributed by atoms with van der Waals surface area (Å²) in [6, 6.07) is 12.2. The molecule has 6 nitrogen and oxygen atoms in total. The maximum Gasteiger partial charge on any atom is 0.344 e. The molecule has 2 aromatic rings. The zero-order valence-corrected chi connectivity index (χ0v) is 16.4. The molecule has 27 heavy (non-hydrogen) atoms. The summed E-state index contributed by atoms with van der Waals surface area (Å²) in [5, 5.41) is 0. The van der Waals surface area contributed by atoms with Gasteiger partial charge in [-0.15, -0.1) is 0 Å². The Kier molecular flexibility index (Phi) is 6.93. The molecule has 0 aliphatic carbocycles. The molecule has 1 amide bonds. The second-order valence-electron chi connectivity index (χ2n) is 6.75.